The van der Waals surface area contributed by atoms with Gasteiger partial charge >= 0.3 is 0 Å². The lowest BCUT2D eigenvalue weighted by atomic mass is 10.1. The van der Waals surface area contributed by atoms with Gasteiger partial charge in [-0.3, -0.25) is 0 Å². The lowest BCUT2D eigenvalue weighted by Gasteiger charge is -2.32. The van der Waals surface area contributed by atoms with Gasteiger partial charge in [0.15, 0.2) is 0 Å². The van der Waals surface area contributed by atoms with E-state index in [4.69, 9.17) is 0 Å². The summed E-state index contributed by atoms with van der Waals surface area (Å²) in [6, 6.07) is 9.68. The molecule has 0 fully saturated rings. The van der Waals surface area contributed by atoms with Crippen molar-refractivity contribution in [2.75, 3.05) is 18.0 Å². The lowest BCUT2D eigenvalue weighted by molar-refractivity contribution is 0.521. The predicted molar refractivity (Wildman–Crippen MR) is 76.8 cm³/mol. The number of hydrogen-bond acceptors (Lipinski definition) is 2. The molecule has 0 spiro atoms. The molecule has 2 nitrogen and oxygen atoms in total. The fourth-order valence-electron chi connectivity index (χ4n) is 2.12. The number of anilines is 1. The molecule has 96 valence electrons. The third-order valence-electron chi connectivity index (χ3n) is 3.12. The van der Waals surface area contributed by atoms with Crippen molar-refractivity contribution >= 4 is 5.69 Å². The van der Waals surface area contributed by atoms with E-state index < -0.39 is 0 Å². The van der Waals surface area contributed by atoms with Crippen molar-refractivity contribution in [1.82, 2.24) is 5.32 Å². The zero-order valence-corrected chi connectivity index (χ0v) is 11.8. The molecule has 0 radical (unpaired) electrons. The van der Waals surface area contributed by atoms with Crippen LogP contribution in [0, 0.1) is 6.92 Å². The van der Waals surface area contributed by atoms with Crippen LogP contribution in [-0.2, 0) is 0 Å². The Bertz CT molecular complexity index is 333. The summed E-state index contributed by atoms with van der Waals surface area (Å²) in [7, 11) is 0. The summed E-state index contributed by atoms with van der Waals surface area (Å²) in [5.74, 6) is 0. The summed E-state index contributed by atoms with van der Waals surface area (Å²) in [6.07, 6.45) is 0. The summed E-state index contributed by atoms with van der Waals surface area (Å²) in [5, 5.41) is 3.51. The van der Waals surface area contributed by atoms with Crippen LogP contribution in [0.2, 0.25) is 0 Å². The zero-order valence-electron chi connectivity index (χ0n) is 11.8. The molecule has 0 saturated heterocycles. The van der Waals surface area contributed by atoms with Crippen molar-refractivity contribution in [3.8, 4) is 0 Å². The van der Waals surface area contributed by atoms with Crippen molar-refractivity contribution in [1.29, 1.82) is 0 Å². The highest BCUT2D eigenvalue weighted by atomic mass is 15.2. The van der Waals surface area contributed by atoms with Crippen LogP contribution in [0.4, 0.5) is 5.69 Å². The Labute approximate surface area is 106 Å². The number of nitrogens with zero attached hydrogens (tertiary/aromatic N) is 1. The summed E-state index contributed by atoms with van der Waals surface area (Å²) < 4.78 is 0. The van der Waals surface area contributed by atoms with Gasteiger partial charge in [-0.25, -0.2) is 0 Å². The molecule has 1 unspecified atom stereocenters. The Morgan fingerprint density at radius 3 is 2.35 bits per heavy atom. The molecular formula is C15H26N2. The van der Waals surface area contributed by atoms with Gasteiger partial charge in [0.25, 0.3) is 0 Å². The van der Waals surface area contributed by atoms with Gasteiger partial charge in [0.2, 0.25) is 0 Å². The number of likely N-dealkylation sites (N-methyl/N-ethyl adjacent to an activating group) is 1. The largest absolute Gasteiger partial charge is 0.368 e. The van der Waals surface area contributed by atoms with E-state index in [0.29, 0.717) is 12.1 Å². The van der Waals surface area contributed by atoms with Gasteiger partial charge < -0.3 is 10.2 Å². The Hall–Kier alpha value is -1.02. The molecular weight excluding hydrogens is 208 g/mol. The topological polar surface area (TPSA) is 15.3 Å². The molecule has 1 rings (SSSR count). The first-order valence-electron chi connectivity index (χ1n) is 6.62. The Morgan fingerprint density at radius 1 is 1.18 bits per heavy atom. The third-order valence-corrected chi connectivity index (χ3v) is 3.12. The Morgan fingerprint density at radius 2 is 1.82 bits per heavy atom. The van der Waals surface area contributed by atoms with Crippen molar-refractivity contribution < 1.29 is 0 Å². The smallest absolute Gasteiger partial charge is 0.0398 e. The molecule has 17 heavy (non-hydrogen) atoms. The highest BCUT2D eigenvalue weighted by molar-refractivity contribution is 5.53. The molecule has 1 aromatic rings. The minimum Gasteiger partial charge on any atom is -0.368 e. The lowest BCUT2D eigenvalue weighted by Crippen LogP contribution is -2.42. The predicted octanol–water partition coefficient (Wildman–Crippen LogP) is 3.21. The Balaban J connectivity index is 2.74. The number of aryl methyl sites for hydroxylation is 1. The van der Waals surface area contributed by atoms with Crippen LogP contribution >= 0.6 is 0 Å². The summed E-state index contributed by atoms with van der Waals surface area (Å²) in [5.41, 5.74) is 2.71. The SMILES string of the molecule is CCN(c1ccccc1C)C(C)CNC(C)C. The van der Waals surface area contributed by atoms with Crippen molar-refractivity contribution in [3.63, 3.8) is 0 Å². The van der Waals surface area contributed by atoms with E-state index in [9.17, 15) is 0 Å². The van der Waals surface area contributed by atoms with Crippen LogP contribution in [0.1, 0.15) is 33.3 Å². The molecule has 0 aromatic heterocycles. The molecule has 2 heteroatoms. The van der Waals surface area contributed by atoms with Gasteiger partial charge in [-0.1, -0.05) is 32.0 Å². The molecule has 0 aliphatic carbocycles. The first-order chi connectivity index (χ1) is 8.06. The average molecular weight is 234 g/mol. The van der Waals surface area contributed by atoms with Crippen LogP contribution in [0.15, 0.2) is 24.3 Å². The van der Waals surface area contributed by atoms with E-state index in [-0.39, 0.29) is 0 Å². The minimum atomic E-state index is 0.517. The molecule has 1 aromatic carbocycles. The van der Waals surface area contributed by atoms with Crippen molar-refractivity contribution in [3.05, 3.63) is 29.8 Å². The maximum absolute atomic E-state index is 3.51. The monoisotopic (exact) mass is 234 g/mol. The van der Waals surface area contributed by atoms with E-state index in [0.717, 1.165) is 13.1 Å². The average Bonchev–Trinajstić information content (AvgIpc) is 2.30. The van der Waals surface area contributed by atoms with E-state index in [1.165, 1.54) is 11.3 Å². The molecule has 0 aliphatic heterocycles. The second kappa shape index (κ2) is 6.65. The van der Waals surface area contributed by atoms with Crippen molar-refractivity contribution in [2.24, 2.45) is 0 Å². The second-order valence-corrected chi connectivity index (χ2v) is 4.98. The van der Waals surface area contributed by atoms with Crippen LogP contribution in [-0.4, -0.2) is 25.2 Å². The first-order valence-corrected chi connectivity index (χ1v) is 6.62. The summed E-state index contributed by atoms with van der Waals surface area (Å²) in [4.78, 5) is 2.46. The molecule has 1 N–H and O–H groups in total. The number of rotatable bonds is 6. The third kappa shape index (κ3) is 4.04. The van der Waals surface area contributed by atoms with Crippen LogP contribution in [0.5, 0.6) is 0 Å². The van der Waals surface area contributed by atoms with E-state index >= 15 is 0 Å². The molecule has 0 bridgehead atoms. The highest BCUT2D eigenvalue weighted by Gasteiger charge is 2.14. The van der Waals surface area contributed by atoms with Gasteiger partial charge in [-0.15, -0.1) is 0 Å². The zero-order chi connectivity index (χ0) is 12.8. The highest BCUT2D eigenvalue weighted by Crippen LogP contribution is 2.21. The molecule has 0 saturated carbocycles. The fourth-order valence-corrected chi connectivity index (χ4v) is 2.12. The normalized spacial score (nSPS) is 12.8. The van der Waals surface area contributed by atoms with Gasteiger partial charge in [0.1, 0.15) is 0 Å². The second-order valence-electron chi connectivity index (χ2n) is 4.98. The molecule has 0 amide bonds. The van der Waals surface area contributed by atoms with Gasteiger partial charge in [0.05, 0.1) is 0 Å². The minimum absolute atomic E-state index is 0.517. The van der Waals surface area contributed by atoms with Crippen LogP contribution in [0.25, 0.3) is 0 Å². The Kier molecular flexibility index (Phi) is 5.49. The molecule has 1 atom stereocenters. The van der Waals surface area contributed by atoms with E-state index in [1.807, 2.05) is 0 Å². The van der Waals surface area contributed by atoms with Gasteiger partial charge in [-0.05, 0) is 32.4 Å². The van der Waals surface area contributed by atoms with Crippen LogP contribution in [0.3, 0.4) is 0 Å². The van der Waals surface area contributed by atoms with E-state index in [1.54, 1.807) is 0 Å². The fraction of sp³-hybridized carbons (Fsp3) is 0.600. The maximum Gasteiger partial charge on any atom is 0.0398 e. The van der Waals surface area contributed by atoms with Crippen molar-refractivity contribution in [2.45, 2.75) is 46.7 Å². The standard InChI is InChI=1S/C15H26N2/c1-6-17(14(5)11-16-12(2)3)15-10-8-7-9-13(15)4/h7-10,12,14,16H,6,11H2,1-5H3. The van der Waals surface area contributed by atoms with Crippen LogP contribution < -0.4 is 10.2 Å². The quantitative estimate of drug-likeness (QED) is 0.813. The van der Waals surface area contributed by atoms with Gasteiger partial charge in [-0.2, -0.15) is 0 Å². The number of para-hydroxylation sites is 1. The molecule has 0 heterocycles. The maximum atomic E-state index is 3.51. The van der Waals surface area contributed by atoms with E-state index in [2.05, 4.69) is 69.1 Å². The first kappa shape index (κ1) is 14.0. The van der Waals surface area contributed by atoms with Gasteiger partial charge in [0, 0.05) is 30.9 Å². The summed E-state index contributed by atoms with van der Waals surface area (Å²) in [6.45, 7) is 13.1. The number of hydrogen-bond donors (Lipinski definition) is 1. The number of nitrogens with one attached hydrogen (secondary N) is 1. The number of benzene rings is 1. The summed E-state index contributed by atoms with van der Waals surface area (Å²) >= 11 is 0. The molecule has 0 aliphatic rings.